The van der Waals surface area contributed by atoms with Crippen LogP contribution in [0.25, 0.3) is 0 Å². The summed E-state index contributed by atoms with van der Waals surface area (Å²) in [5.74, 6) is -3.26. The van der Waals surface area contributed by atoms with Crippen LogP contribution in [-0.4, -0.2) is 26.9 Å². The Hall–Kier alpha value is -0.970. The van der Waals surface area contributed by atoms with Gasteiger partial charge in [0, 0.05) is 0 Å². The Bertz CT molecular complexity index is 273. The van der Waals surface area contributed by atoms with E-state index in [9.17, 15) is 9.59 Å². The molecule has 0 fully saturated rings. The topological polar surface area (TPSA) is 74.6 Å². The lowest BCUT2D eigenvalue weighted by Gasteiger charge is -2.29. The van der Waals surface area contributed by atoms with E-state index < -0.39 is 22.6 Å². The zero-order valence-electron chi connectivity index (χ0n) is 6.80. The van der Waals surface area contributed by atoms with Crippen molar-refractivity contribution in [3.63, 3.8) is 0 Å². The van der Waals surface area contributed by atoms with Crippen LogP contribution in [0, 0.1) is 5.92 Å². The number of hydrogen-bond donors (Lipinski definition) is 3. The smallest absolute Gasteiger partial charge is 0.324 e. The van der Waals surface area contributed by atoms with Crippen molar-refractivity contribution in [3.05, 3.63) is 12.2 Å². The highest BCUT2D eigenvalue weighted by atomic mass is 32.1. The minimum absolute atomic E-state index is 0.321. The highest BCUT2D eigenvalue weighted by Crippen LogP contribution is 2.34. The van der Waals surface area contributed by atoms with Crippen LogP contribution >= 0.6 is 12.6 Å². The van der Waals surface area contributed by atoms with E-state index in [0.717, 1.165) is 0 Å². The summed E-state index contributed by atoms with van der Waals surface area (Å²) in [5, 5.41) is 17.6. The van der Waals surface area contributed by atoms with E-state index in [1.54, 1.807) is 6.08 Å². The van der Waals surface area contributed by atoms with E-state index in [2.05, 4.69) is 12.6 Å². The Labute approximate surface area is 80.7 Å². The second kappa shape index (κ2) is 3.41. The molecule has 0 spiro atoms. The molecule has 0 radical (unpaired) electrons. The summed E-state index contributed by atoms with van der Waals surface area (Å²) >= 11 is 3.91. The van der Waals surface area contributed by atoms with E-state index in [1.807, 2.05) is 0 Å². The van der Waals surface area contributed by atoms with Crippen LogP contribution in [0.1, 0.15) is 12.8 Å². The van der Waals surface area contributed by atoms with Gasteiger partial charge in [0.25, 0.3) is 0 Å². The van der Waals surface area contributed by atoms with Crippen molar-refractivity contribution in [2.75, 3.05) is 0 Å². The predicted molar refractivity (Wildman–Crippen MR) is 48.9 cm³/mol. The Morgan fingerprint density at radius 3 is 2.46 bits per heavy atom. The summed E-state index contributed by atoms with van der Waals surface area (Å²) in [7, 11) is 0. The second-order valence-corrected chi connectivity index (χ2v) is 3.74. The van der Waals surface area contributed by atoms with Crippen molar-refractivity contribution in [3.8, 4) is 0 Å². The van der Waals surface area contributed by atoms with Gasteiger partial charge in [0.05, 0.1) is 5.92 Å². The molecule has 0 heterocycles. The van der Waals surface area contributed by atoms with Crippen molar-refractivity contribution in [2.24, 2.45) is 5.92 Å². The number of allylic oxidation sites excluding steroid dienone is 1. The molecule has 0 aliphatic heterocycles. The SMILES string of the molecule is O=C(O)C1CCC=CC1(S)C(=O)O. The molecule has 0 saturated carbocycles. The lowest BCUT2D eigenvalue weighted by Crippen LogP contribution is -2.44. The van der Waals surface area contributed by atoms with Gasteiger partial charge in [-0.05, 0) is 12.8 Å². The summed E-state index contributed by atoms with van der Waals surface area (Å²) in [4.78, 5) is 21.5. The Morgan fingerprint density at radius 1 is 1.46 bits per heavy atom. The lowest BCUT2D eigenvalue weighted by atomic mass is 9.83. The monoisotopic (exact) mass is 202 g/mol. The standard InChI is InChI=1S/C8H10O4S/c9-6(10)5-3-1-2-4-8(5,13)7(11)12/h2,4-5,13H,1,3H2,(H,9,10)(H,11,12). The van der Waals surface area contributed by atoms with E-state index in [-0.39, 0.29) is 0 Å². The highest BCUT2D eigenvalue weighted by molar-refractivity contribution is 7.83. The van der Waals surface area contributed by atoms with Gasteiger partial charge < -0.3 is 10.2 Å². The van der Waals surface area contributed by atoms with Crippen molar-refractivity contribution >= 4 is 24.6 Å². The fourth-order valence-electron chi connectivity index (χ4n) is 1.39. The molecule has 13 heavy (non-hydrogen) atoms. The average molecular weight is 202 g/mol. The van der Waals surface area contributed by atoms with Crippen LogP contribution < -0.4 is 0 Å². The number of carboxylic acid groups (broad SMARTS) is 2. The van der Waals surface area contributed by atoms with E-state index in [1.165, 1.54) is 6.08 Å². The molecular formula is C8H10O4S. The van der Waals surface area contributed by atoms with Crippen LogP contribution in [0.5, 0.6) is 0 Å². The summed E-state index contributed by atoms with van der Waals surface area (Å²) in [5.41, 5.74) is 0. The van der Waals surface area contributed by atoms with Gasteiger partial charge in [0.2, 0.25) is 0 Å². The molecule has 0 aromatic carbocycles. The number of hydrogen-bond acceptors (Lipinski definition) is 3. The number of rotatable bonds is 2. The first-order chi connectivity index (χ1) is 5.98. The van der Waals surface area contributed by atoms with Crippen molar-refractivity contribution in [2.45, 2.75) is 17.6 Å². The molecule has 1 rings (SSSR count). The molecule has 1 aliphatic rings. The number of aliphatic carboxylic acids is 2. The fraction of sp³-hybridized carbons (Fsp3) is 0.500. The lowest BCUT2D eigenvalue weighted by molar-refractivity contribution is -0.150. The van der Waals surface area contributed by atoms with Gasteiger partial charge in [-0.2, -0.15) is 12.6 Å². The molecule has 4 nitrogen and oxygen atoms in total. The molecule has 2 atom stereocenters. The van der Waals surface area contributed by atoms with Crippen LogP contribution in [0.3, 0.4) is 0 Å². The second-order valence-electron chi connectivity index (χ2n) is 3.00. The van der Waals surface area contributed by atoms with Crippen LogP contribution in [-0.2, 0) is 9.59 Å². The van der Waals surface area contributed by atoms with E-state index in [0.29, 0.717) is 12.8 Å². The van der Waals surface area contributed by atoms with Gasteiger partial charge in [-0.15, -0.1) is 0 Å². The van der Waals surface area contributed by atoms with Crippen LogP contribution in [0.4, 0.5) is 0 Å². The molecule has 2 unspecified atom stereocenters. The Balaban J connectivity index is 3.02. The normalized spacial score (nSPS) is 32.8. The predicted octanol–water partition coefficient (Wildman–Crippen LogP) is 0.790. The Kier molecular flexibility index (Phi) is 2.66. The molecule has 1 aliphatic carbocycles. The number of carbonyl (C=O) groups is 2. The zero-order valence-corrected chi connectivity index (χ0v) is 7.70. The molecule has 72 valence electrons. The summed E-state index contributed by atoms with van der Waals surface area (Å²) in [6.45, 7) is 0. The summed E-state index contributed by atoms with van der Waals surface area (Å²) < 4.78 is -1.55. The maximum atomic E-state index is 10.8. The van der Waals surface area contributed by atoms with Gasteiger partial charge in [-0.25, -0.2) is 0 Å². The van der Waals surface area contributed by atoms with Crippen molar-refractivity contribution < 1.29 is 19.8 Å². The van der Waals surface area contributed by atoms with Gasteiger partial charge in [0.15, 0.2) is 0 Å². The number of thiol groups is 1. The van der Waals surface area contributed by atoms with Gasteiger partial charge in [0.1, 0.15) is 4.75 Å². The first-order valence-corrected chi connectivity index (χ1v) is 4.29. The minimum atomic E-state index is -1.55. The quantitative estimate of drug-likeness (QED) is 0.457. The largest absolute Gasteiger partial charge is 0.481 e. The highest BCUT2D eigenvalue weighted by Gasteiger charge is 2.45. The van der Waals surface area contributed by atoms with Gasteiger partial charge in [-0.3, -0.25) is 9.59 Å². The third-order valence-corrected chi connectivity index (χ3v) is 2.82. The molecule has 0 bridgehead atoms. The van der Waals surface area contributed by atoms with Crippen LogP contribution in [0.15, 0.2) is 12.2 Å². The average Bonchev–Trinajstić information content (AvgIpc) is 2.04. The maximum Gasteiger partial charge on any atom is 0.324 e. The Morgan fingerprint density at radius 2 is 2.08 bits per heavy atom. The zero-order chi connectivity index (χ0) is 10.1. The molecule has 2 N–H and O–H groups in total. The molecule has 0 amide bonds. The maximum absolute atomic E-state index is 10.8. The molecule has 0 aromatic heterocycles. The summed E-state index contributed by atoms with van der Waals surface area (Å²) in [6, 6.07) is 0. The molecule has 0 aromatic rings. The first kappa shape index (κ1) is 10.1. The number of carboxylic acids is 2. The van der Waals surface area contributed by atoms with Crippen molar-refractivity contribution in [1.29, 1.82) is 0 Å². The van der Waals surface area contributed by atoms with Crippen LogP contribution in [0.2, 0.25) is 0 Å². The van der Waals surface area contributed by atoms with E-state index in [4.69, 9.17) is 10.2 Å². The van der Waals surface area contributed by atoms with E-state index >= 15 is 0 Å². The fourth-order valence-corrected chi connectivity index (χ4v) is 1.74. The molecular weight excluding hydrogens is 192 g/mol. The minimum Gasteiger partial charge on any atom is -0.481 e. The van der Waals surface area contributed by atoms with Crippen molar-refractivity contribution in [1.82, 2.24) is 0 Å². The first-order valence-electron chi connectivity index (χ1n) is 3.84. The summed E-state index contributed by atoms with van der Waals surface area (Å²) in [6.07, 6.45) is 3.91. The molecule has 0 saturated heterocycles. The van der Waals surface area contributed by atoms with Gasteiger partial charge >= 0.3 is 11.9 Å². The third-order valence-electron chi connectivity index (χ3n) is 2.17. The van der Waals surface area contributed by atoms with Gasteiger partial charge in [-0.1, -0.05) is 12.2 Å². The third kappa shape index (κ3) is 1.70. The molecule has 5 heteroatoms.